The number of imide groups is 1. The molecule has 0 radical (unpaired) electrons. The molecule has 1 aliphatic rings. The van der Waals surface area contributed by atoms with Crippen LogP contribution in [0, 0.1) is 0 Å². The van der Waals surface area contributed by atoms with Crippen molar-refractivity contribution in [1.29, 1.82) is 0 Å². The lowest BCUT2D eigenvalue weighted by Crippen LogP contribution is -2.53. The van der Waals surface area contributed by atoms with Crippen molar-refractivity contribution in [3.8, 4) is 0 Å². The van der Waals surface area contributed by atoms with Crippen LogP contribution in [0.3, 0.4) is 0 Å². The Morgan fingerprint density at radius 2 is 2.00 bits per heavy atom. The second kappa shape index (κ2) is 2.25. The highest BCUT2D eigenvalue weighted by molar-refractivity contribution is 7.88. The van der Waals surface area contributed by atoms with E-state index in [1.165, 1.54) is 0 Å². The first-order chi connectivity index (χ1) is 5.27. The summed E-state index contributed by atoms with van der Waals surface area (Å²) in [5, 5.41) is 1.67. The molecule has 68 valence electrons. The Morgan fingerprint density at radius 3 is 2.17 bits per heavy atom. The van der Waals surface area contributed by atoms with E-state index in [1.807, 2.05) is 0 Å². The summed E-state index contributed by atoms with van der Waals surface area (Å²) < 4.78 is 29.6. The van der Waals surface area contributed by atoms with Crippen LogP contribution in [0.5, 0.6) is 0 Å². The Kier molecular flexibility index (Phi) is 1.71. The molecule has 0 aromatic carbocycles. The topological polar surface area (TPSA) is 127 Å². The van der Waals surface area contributed by atoms with E-state index in [4.69, 9.17) is 10.3 Å². The minimum atomic E-state index is -4.74. The Hall–Kier alpha value is -0.990. The fourth-order valence-corrected chi connectivity index (χ4v) is 1.40. The van der Waals surface area contributed by atoms with Crippen molar-refractivity contribution in [2.24, 2.45) is 5.73 Å². The molecule has 1 unspecified atom stereocenters. The zero-order valence-corrected chi connectivity index (χ0v) is 6.59. The fourth-order valence-electron chi connectivity index (χ4n) is 0.804. The van der Waals surface area contributed by atoms with E-state index in [-0.39, 0.29) is 0 Å². The normalized spacial score (nSPS) is 30.5. The molecule has 1 rings (SSSR count). The number of nitrogens with two attached hydrogens (primary N) is 1. The first-order valence-electron chi connectivity index (χ1n) is 2.87. The van der Waals surface area contributed by atoms with Crippen molar-refractivity contribution >= 4 is 21.9 Å². The van der Waals surface area contributed by atoms with E-state index in [2.05, 4.69) is 0 Å². The Balaban J connectivity index is 3.18. The molecule has 0 aliphatic carbocycles. The van der Waals surface area contributed by atoms with E-state index >= 15 is 0 Å². The van der Waals surface area contributed by atoms with E-state index < -0.39 is 33.2 Å². The van der Waals surface area contributed by atoms with Gasteiger partial charge in [0.25, 0.3) is 16.0 Å². The van der Waals surface area contributed by atoms with Gasteiger partial charge in [0.2, 0.25) is 10.8 Å². The SMILES string of the molecule is NC1(S(=O)(=O)O)CC(=O)NC1=O. The molecular weight excluding hydrogens is 188 g/mol. The number of rotatable bonds is 1. The fraction of sp³-hybridized carbons (Fsp3) is 0.500. The quantitative estimate of drug-likeness (QED) is 0.315. The van der Waals surface area contributed by atoms with Crippen LogP contribution in [-0.4, -0.2) is 29.7 Å². The molecule has 2 amide bonds. The summed E-state index contributed by atoms with van der Waals surface area (Å²) in [5.41, 5.74) is 5.00. The molecule has 1 fully saturated rings. The van der Waals surface area contributed by atoms with Gasteiger partial charge in [0.15, 0.2) is 0 Å². The zero-order chi connectivity index (χ0) is 9.57. The third-order valence-corrected chi connectivity index (χ3v) is 2.77. The van der Waals surface area contributed by atoms with Crippen molar-refractivity contribution in [1.82, 2.24) is 5.32 Å². The zero-order valence-electron chi connectivity index (χ0n) is 5.77. The second-order valence-corrected chi connectivity index (χ2v) is 4.10. The number of amides is 2. The number of hydrogen-bond acceptors (Lipinski definition) is 5. The van der Waals surface area contributed by atoms with Crippen LogP contribution >= 0.6 is 0 Å². The smallest absolute Gasteiger partial charge is 0.293 e. The van der Waals surface area contributed by atoms with Gasteiger partial charge in [-0.1, -0.05) is 0 Å². The van der Waals surface area contributed by atoms with Crippen molar-refractivity contribution in [3.63, 3.8) is 0 Å². The van der Waals surface area contributed by atoms with Crippen molar-refractivity contribution < 1.29 is 22.6 Å². The van der Waals surface area contributed by atoms with Crippen LogP contribution in [0.4, 0.5) is 0 Å². The van der Waals surface area contributed by atoms with Crippen LogP contribution < -0.4 is 11.1 Å². The average molecular weight is 194 g/mol. The molecule has 1 aliphatic heterocycles. The van der Waals surface area contributed by atoms with Gasteiger partial charge in [-0.05, 0) is 0 Å². The molecule has 12 heavy (non-hydrogen) atoms. The maximum absolute atomic E-state index is 10.8. The molecule has 0 bridgehead atoms. The highest BCUT2D eigenvalue weighted by Crippen LogP contribution is 2.19. The molecule has 4 N–H and O–H groups in total. The average Bonchev–Trinajstić information content (AvgIpc) is 2.06. The molecule has 1 heterocycles. The van der Waals surface area contributed by atoms with Crippen LogP contribution in [0.1, 0.15) is 6.42 Å². The third-order valence-electron chi connectivity index (χ3n) is 1.52. The van der Waals surface area contributed by atoms with Crippen LogP contribution in [0.2, 0.25) is 0 Å². The van der Waals surface area contributed by atoms with E-state index in [9.17, 15) is 18.0 Å². The van der Waals surface area contributed by atoms with Crippen LogP contribution in [0.15, 0.2) is 0 Å². The summed E-state index contributed by atoms with van der Waals surface area (Å²) in [5.74, 6) is -2.02. The standard InChI is InChI=1S/C4H6N2O5S/c5-4(12(9,10)11)1-2(7)6-3(4)8/h1,5H2,(H,6,7,8)(H,9,10,11). The molecule has 1 saturated heterocycles. The number of carbonyl (C=O) groups excluding carboxylic acids is 2. The first-order valence-corrected chi connectivity index (χ1v) is 4.31. The molecule has 0 saturated carbocycles. The summed E-state index contributed by atoms with van der Waals surface area (Å²) in [4.78, 5) is 18.8. The highest BCUT2D eigenvalue weighted by Gasteiger charge is 2.53. The van der Waals surface area contributed by atoms with Gasteiger partial charge < -0.3 is 5.73 Å². The minimum absolute atomic E-state index is 0.745. The third kappa shape index (κ3) is 1.09. The monoisotopic (exact) mass is 194 g/mol. The van der Waals surface area contributed by atoms with Crippen molar-refractivity contribution in [2.45, 2.75) is 11.3 Å². The largest absolute Gasteiger partial charge is 0.302 e. The van der Waals surface area contributed by atoms with Crippen LogP contribution in [-0.2, 0) is 19.7 Å². The molecule has 0 aromatic heterocycles. The van der Waals surface area contributed by atoms with Crippen LogP contribution in [0.25, 0.3) is 0 Å². The summed E-state index contributed by atoms with van der Waals surface area (Å²) in [6, 6.07) is 0. The Bertz CT molecular complexity index is 346. The number of hydrogen-bond donors (Lipinski definition) is 3. The predicted molar refractivity (Wildman–Crippen MR) is 36.2 cm³/mol. The lowest BCUT2D eigenvalue weighted by atomic mass is 10.2. The van der Waals surface area contributed by atoms with Gasteiger partial charge in [0.1, 0.15) is 0 Å². The lowest BCUT2D eigenvalue weighted by Gasteiger charge is -2.13. The van der Waals surface area contributed by atoms with E-state index in [1.54, 1.807) is 5.32 Å². The molecule has 1 atom stereocenters. The Labute approximate surface area is 67.7 Å². The maximum atomic E-state index is 10.8. The molecule has 8 heteroatoms. The van der Waals surface area contributed by atoms with Crippen molar-refractivity contribution in [3.05, 3.63) is 0 Å². The van der Waals surface area contributed by atoms with Gasteiger partial charge in [-0.15, -0.1) is 0 Å². The number of carbonyl (C=O) groups is 2. The molecule has 0 spiro atoms. The molecule has 7 nitrogen and oxygen atoms in total. The summed E-state index contributed by atoms with van der Waals surface area (Å²) >= 11 is 0. The van der Waals surface area contributed by atoms with Gasteiger partial charge in [-0.2, -0.15) is 8.42 Å². The summed E-state index contributed by atoms with van der Waals surface area (Å²) in [6.07, 6.45) is -0.745. The van der Waals surface area contributed by atoms with Crippen molar-refractivity contribution in [2.75, 3.05) is 0 Å². The first kappa shape index (κ1) is 9.10. The summed E-state index contributed by atoms with van der Waals surface area (Å²) in [6.45, 7) is 0. The van der Waals surface area contributed by atoms with Gasteiger partial charge in [-0.25, -0.2) is 0 Å². The van der Waals surface area contributed by atoms with E-state index in [0.29, 0.717) is 0 Å². The summed E-state index contributed by atoms with van der Waals surface area (Å²) in [7, 11) is -4.74. The van der Waals surface area contributed by atoms with Gasteiger partial charge in [-0.3, -0.25) is 19.5 Å². The predicted octanol–water partition coefficient (Wildman–Crippen LogP) is -2.42. The number of nitrogens with one attached hydrogen (secondary N) is 1. The molecular formula is C4H6N2O5S. The minimum Gasteiger partial charge on any atom is -0.302 e. The van der Waals surface area contributed by atoms with E-state index in [0.717, 1.165) is 0 Å². The van der Waals surface area contributed by atoms with Gasteiger partial charge in [0.05, 0.1) is 6.42 Å². The lowest BCUT2D eigenvalue weighted by molar-refractivity contribution is -0.125. The van der Waals surface area contributed by atoms with Gasteiger partial charge in [0, 0.05) is 0 Å². The second-order valence-electron chi connectivity index (χ2n) is 2.42. The highest BCUT2D eigenvalue weighted by atomic mass is 32.2. The maximum Gasteiger partial charge on any atom is 0.293 e. The van der Waals surface area contributed by atoms with Gasteiger partial charge >= 0.3 is 0 Å². The molecule has 0 aromatic rings. The Morgan fingerprint density at radius 1 is 1.50 bits per heavy atom.